The summed E-state index contributed by atoms with van der Waals surface area (Å²) in [5.41, 5.74) is 1.53. The lowest BCUT2D eigenvalue weighted by Crippen LogP contribution is -1.99. The van der Waals surface area contributed by atoms with Gasteiger partial charge >= 0.3 is 0 Å². The number of ketones is 1. The summed E-state index contributed by atoms with van der Waals surface area (Å²) in [5.74, 6) is 0.201. The van der Waals surface area contributed by atoms with Gasteiger partial charge in [-0.2, -0.15) is 0 Å². The number of nitrogens with zero attached hydrogens (tertiary/aromatic N) is 2. The minimum Gasteiger partial charge on any atom is -0.442 e. The summed E-state index contributed by atoms with van der Waals surface area (Å²) < 4.78 is 5.36. The maximum atomic E-state index is 12.2. The average molecular weight is 411 g/mol. The molecule has 0 atom stereocenters. The Hall–Kier alpha value is -2.23. The highest BCUT2D eigenvalue weighted by Crippen LogP contribution is 2.18. The smallest absolute Gasteiger partial charge is 0.263 e. The third kappa shape index (κ3) is 10.00. The topological polar surface area (TPSA) is 56.0 Å². The maximum Gasteiger partial charge on any atom is 0.263 e. The van der Waals surface area contributed by atoms with Gasteiger partial charge < -0.3 is 4.42 Å². The van der Waals surface area contributed by atoms with Crippen molar-refractivity contribution in [2.24, 2.45) is 0 Å². The normalized spacial score (nSPS) is 11.4. The van der Waals surface area contributed by atoms with Gasteiger partial charge in [-0.25, -0.2) is 4.98 Å². The summed E-state index contributed by atoms with van der Waals surface area (Å²) >= 11 is 0. The highest BCUT2D eigenvalue weighted by Gasteiger charge is 2.13. The number of oxazole rings is 1. The van der Waals surface area contributed by atoms with Gasteiger partial charge in [-0.15, -0.1) is 0 Å². The molecule has 0 saturated heterocycles. The Bertz CT molecular complexity index is 722. The van der Waals surface area contributed by atoms with Crippen LogP contribution in [-0.4, -0.2) is 15.8 Å². The van der Waals surface area contributed by atoms with Crippen LogP contribution in [0.1, 0.15) is 108 Å². The summed E-state index contributed by atoms with van der Waals surface area (Å²) in [6, 6.07) is 3.75. The van der Waals surface area contributed by atoms with Crippen molar-refractivity contribution in [1.29, 1.82) is 0 Å². The molecule has 30 heavy (non-hydrogen) atoms. The number of hydrogen-bond donors (Lipinski definition) is 0. The van der Waals surface area contributed by atoms with Gasteiger partial charge in [-0.1, -0.05) is 70.4 Å². The number of Topliss-reactive ketones (excluding diaryl/α,β-unsaturated/α-hetero) is 1. The fourth-order valence-corrected chi connectivity index (χ4v) is 3.51. The molecular formula is C26H38N2O2. The van der Waals surface area contributed by atoms with Crippen LogP contribution in [0.15, 0.2) is 47.4 Å². The van der Waals surface area contributed by atoms with Crippen molar-refractivity contribution >= 4 is 5.78 Å². The summed E-state index contributed by atoms with van der Waals surface area (Å²) in [6.45, 7) is 2.26. The molecule has 0 fully saturated rings. The van der Waals surface area contributed by atoms with Gasteiger partial charge in [0.25, 0.3) is 5.89 Å². The van der Waals surface area contributed by atoms with Crippen molar-refractivity contribution in [2.45, 2.75) is 96.8 Å². The van der Waals surface area contributed by atoms with Gasteiger partial charge in [0.15, 0.2) is 0 Å². The molecule has 0 aliphatic carbocycles. The maximum absolute atomic E-state index is 12.2. The average Bonchev–Trinajstić information content (AvgIpc) is 3.27. The van der Waals surface area contributed by atoms with Crippen LogP contribution >= 0.6 is 0 Å². The summed E-state index contributed by atoms with van der Waals surface area (Å²) in [4.78, 5) is 20.6. The lowest BCUT2D eigenvalue weighted by atomic mass is 10.1. The van der Waals surface area contributed by atoms with Crippen LogP contribution in [0.5, 0.6) is 0 Å². The lowest BCUT2D eigenvalue weighted by molar-refractivity contribution is 0.0945. The van der Waals surface area contributed by atoms with Gasteiger partial charge in [-0.3, -0.25) is 9.78 Å². The second-order valence-corrected chi connectivity index (χ2v) is 8.04. The fraction of sp³-hybridized carbons (Fsp3) is 0.577. The molecule has 4 nitrogen and oxygen atoms in total. The van der Waals surface area contributed by atoms with Crippen molar-refractivity contribution < 1.29 is 9.21 Å². The van der Waals surface area contributed by atoms with Crippen LogP contribution < -0.4 is 0 Å². The first-order chi connectivity index (χ1) is 14.8. The van der Waals surface area contributed by atoms with Crippen LogP contribution in [0.4, 0.5) is 0 Å². The molecular weight excluding hydrogens is 372 g/mol. The number of rotatable bonds is 17. The van der Waals surface area contributed by atoms with Crippen LogP contribution in [-0.2, 0) is 0 Å². The monoisotopic (exact) mass is 410 g/mol. The van der Waals surface area contributed by atoms with E-state index in [1.807, 2.05) is 12.1 Å². The van der Waals surface area contributed by atoms with E-state index in [1.54, 1.807) is 12.4 Å². The molecule has 0 saturated carbocycles. The van der Waals surface area contributed by atoms with Gasteiger partial charge in [0.1, 0.15) is 12.0 Å². The lowest BCUT2D eigenvalue weighted by Gasteiger charge is -2.00. The highest BCUT2D eigenvalue weighted by molar-refractivity contribution is 5.92. The molecule has 0 bridgehead atoms. The number of hydrogen-bond acceptors (Lipinski definition) is 4. The largest absolute Gasteiger partial charge is 0.442 e. The van der Waals surface area contributed by atoms with Crippen molar-refractivity contribution in [2.75, 3.05) is 0 Å². The van der Waals surface area contributed by atoms with E-state index in [0.717, 1.165) is 18.4 Å². The third-order valence-electron chi connectivity index (χ3n) is 5.37. The van der Waals surface area contributed by atoms with E-state index in [2.05, 4.69) is 29.0 Å². The van der Waals surface area contributed by atoms with E-state index in [4.69, 9.17) is 4.42 Å². The van der Waals surface area contributed by atoms with E-state index < -0.39 is 0 Å². The molecule has 0 radical (unpaired) electrons. The summed E-state index contributed by atoms with van der Waals surface area (Å²) in [5, 5.41) is 0. The van der Waals surface area contributed by atoms with E-state index in [0.29, 0.717) is 12.1 Å². The Balaban J connectivity index is 1.45. The second kappa shape index (κ2) is 15.6. The van der Waals surface area contributed by atoms with E-state index in [9.17, 15) is 4.79 Å². The Morgan fingerprint density at radius 2 is 1.60 bits per heavy atom. The minimum absolute atomic E-state index is 0.0113. The number of aromatic nitrogens is 2. The van der Waals surface area contributed by atoms with E-state index in [-0.39, 0.29) is 11.7 Å². The molecule has 2 heterocycles. The molecule has 0 aromatic carbocycles. The molecule has 2 rings (SSSR count). The van der Waals surface area contributed by atoms with Gasteiger partial charge in [0.05, 0.1) is 0 Å². The predicted octanol–water partition coefficient (Wildman–Crippen LogP) is 7.96. The molecule has 0 amide bonds. The highest BCUT2D eigenvalue weighted by atomic mass is 16.3. The summed E-state index contributed by atoms with van der Waals surface area (Å²) in [7, 11) is 0. The van der Waals surface area contributed by atoms with Crippen molar-refractivity contribution in [1.82, 2.24) is 9.97 Å². The first-order valence-electron chi connectivity index (χ1n) is 11.9. The molecule has 2 aromatic heterocycles. The SMILES string of the molecule is CCCCCCCC/C=C\CCCCCCCC(=O)c1nc(-c2cccnc2)co1. The zero-order valence-corrected chi connectivity index (χ0v) is 18.7. The molecule has 0 spiro atoms. The quantitative estimate of drug-likeness (QED) is 0.151. The number of pyridine rings is 1. The molecule has 0 aliphatic heterocycles. The first-order valence-corrected chi connectivity index (χ1v) is 11.9. The first kappa shape index (κ1) is 24.0. The van der Waals surface area contributed by atoms with E-state index in [1.165, 1.54) is 76.9 Å². The Morgan fingerprint density at radius 3 is 2.27 bits per heavy atom. The number of allylic oxidation sites excluding steroid dienone is 2. The molecule has 2 aromatic rings. The van der Waals surface area contributed by atoms with Crippen LogP contribution in [0.3, 0.4) is 0 Å². The molecule has 164 valence electrons. The second-order valence-electron chi connectivity index (χ2n) is 8.04. The Morgan fingerprint density at radius 1 is 0.933 bits per heavy atom. The molecule has 0 N–H and O–H groups in total. The van der Waals surface area contributed by atoms with Crippen LogP contribution in [0.25, 0.3) is 11.3 Å². The van der Waals surface area contributed by atoms with Crippen LogP contribution in [0.2, 0.25) is 0 Å². The van der Waals surface area contributed by atoms with Crippen molar-refractivity contribution in [3.8, 4) is 11.3 Å². The van der Waals surface area contributed by atoms with Crippen molar-refractivity contribution in [3.63, 3.8) is 0 Å². The zero-order chi connectivity index (χ0) is 21.3. The standard InChI is InChI=1S/C26H38N2O2/c1-2-3-4-5-6-7-8-9-10-11-12-13-14-15-16-19-25(29)26-28-24(22-30-26)23-18-17-20-27-21-23/h9-10,17-18,20-22H,2-8,11-16,19H2,1H3/b10-9-. The minimum atomic E-state index is -0.0113. The molecule has 0 aliphatic rings. The Labute approximate surface area is 182 Å². The number of unbranched alkanes of at least 4 members (excludes halogenated alkanes) is 11. The predicted molar refractivity (Wildman–Crippen MR) is 124 cm³/mol. The molecule has 0 unspecified atom stereocenters. The van der Waals surface area contributed by atoms with Crippen LogP contribution in [0, 0.1) is 0 Å². The van der Waals surface area contributed by atoms with E-state index >= 15 is 0 Å². The van der Waals surface area contributed by atoms with Gasteiger partial charge in [0, 0.05) is 24.4 Å². The van der Waals surface area contributed by atoms with Crippen molar-refractivity contribution in [3.05, 3.63) is 48.8 Å². The van der Waals surface area contributed by atoms with Gasteiger partial charge in [-0.05, 0) is 44.2 Å². The fourth-order valence-electron chi connectivity index (χ4n) is 3.51. The van der Waals surface area contributed by atoms with Gasteiger partial charge in [0.2, 0.25) is 5.78 Å². The number of carbonyl (C=O) groups is 1. The molecule has 4 heteroatoms. The third-order valence-corrected chi connectivity index (χ3v) is 5.37. The Kier molecular flexibility index (Phi) is 12.5. The summed E-state index contributed by atoms with van der Waals surface area (Å²) in [6.07, 6.45) is 26.5. The zero-order valence-electron chi connectivity index (χ0n) is 18.7. The number of carbonyl (C=O) groups excluding carboxylic acids is 1.